The van der Waals surface area contributed by atoms with E-state index in [1.54, 1.807) is 11.3 Å². The van der Waals surface area contributed by atoms with Crippen molar-refractivity contribution in [3.63, 3.8) is 0 Å². The van der Waals surface area contributed by atoms with Crippen molar-refractivity contribution in [1.29, 1.82) is 0 Å². The first-order chi connectivity index (χ1) is 8.24. The number of aliphatic hydroxyl groups is 1. The molecular formula is C13H20N2OS. The van der Waals surface area contributed by atoms with Crippen molar-refractivity contribution in [1.82, 2.24) is 9.88 Å². The Bertz CT molecular complexity index is 354. The minimum Gasteiger partial charge on any atom is -0.392 e. The second-order valence-corrected chi connectivity index (χ2v) is 6.46. The van der Waals surface area contributed by atoms with Crippen LogP contribution in [-0.2, 0) is 6.42 Å². The number of fused-ring (bicyclic) bond motifs is 2. The van der Waals surface area contributed by atoms with Gasteiger partial charge in [0.25, 0.3) is 0 Å². The predicted molar refractivity (Wildman–Crippen MR) is 69.1 cm³/mol. The maximum absolute atomic E-state index is 10.3. The summed E-state index contributed by atoms with van der Waals surface area (Å²) in [6.45, 7) is 0. The minimum absolute atomic E-state index is 0.196. The average Bonchev–Trinajstić information content (AvgIpc) is 2.86. The van der Waals surface area contributed by atoms with Crippen molar-refractivity contribution in [3.8, 4) is 0 Å². The van der Waals surface area contributed by atoms with Crippen LogP contribution in [0.3, 0.4) is 0 Å². The van der Waals surface area contributed by atoms with E-state index in [0.29, 0.717) is 18.0 Å². The van der Waals surface area contributed by atoms with Crippen LogP contribution < -0.4 is 0 Å². The number of aliphatic hydroxyl groups excluding tert-OH is 1. The van der Waals surface area contributed by atoms with E-state index in [0.717, 1.165) is 11.4 Å². The molecule has 2 aliphatic heterocycles. The molecule has 3 unspecified atom stereocenters. The average molecular weight is 252 g/mol. The van der Waals surface area contributed by atoms with Gasteiger partial charge in [-0.05, 0) is 38.6 Å². The van der Waals surface area contributed by atoms with Gasteiger partial charge < -0.3 is 10.0 Å². The molecule has 17 heavy (non-hydrogen) atoms. The van der Waals surface area contributed by atoms with Crippen LogP contribution in [0.15, 0.2) is 11.6 Å². The first-order valence-electron chi connectivity index (χ1n) is 6.52. The normalized spacial score (nSPS) is 35.1. The van der Waals surface area contributed by atoms with Crippen molar-refractivity contribution in [2.24, 2.45) is 5.92 Å². The molecule has 1 N–H and O–H groups in total. The molecule has 3 rings (SSSR count). The molecule has 1 aromatic rings. The third kappa shape index (κ3) is 2.26. The lowest BCUT2D eigenvalue weighted by molar-refractivity contribution is 0.0367. The van der Waals surface area contributed by atoms with E-state index < -0.39 is 0 Å². The predicted octanol–water partition coefficient (Wildman–Crippen LogP) is 1.92. The number of hydrogen-bond donors (Lipinski definition) is 1. The Morgan fingerprint density at radius 1 is 1.47 bits per heavy atom. The zero-order valence-electron chi connectivity index (χ0n) is 10.2. The smallest absolute Gasteiger partial charge is 0.0950 e. The summed E-state index contributed by atoms with van der Waals surface area (Å²) >= 11 is 1.65. The largest absolute Gasteiger partial charge is 0.392 e. The van der Waals surface area contributed by atoms with E-state index >= 15 is 0 Å². The fraction of sp³-hybridized carbons (Fsp3) is 0.769. The van der Waals surface area contributed by atoms with Gasteiger partial charge in [0, 0.05) is 30.1 Å². The summed E-state index contributed by atoms with van der Waals surface area (Å²) in [6.07, 6.45) is 7.34. The number of hydrogen-bond acceptors (Lipinski definition) is 4. The molecule has 1 aromatic heterocycles. The van der Waals surface area contributed by atoms with Gasteiger partial charge in [-0.1, -0.05) is 0 Å². The van der Waals surface area contributed by atoms with Crippen LogP contribution in [-0.4, -0.2) is 40.2 Å². The molecule has 0 aromatic carbocycles. The molecule has 2 aliphatic rings. The van der Waals surface area contributed by atoms with Crippen LogP contribution in [0.5, 0.6) is 0 Å². The molecule has 94 valence electrons. The van der Waals surface area contributed by atoms with E-state index in [4.69, 9.17) is 0 Å². The molecule has 3 heterocycles. The quantitative estimate of drug-likeness (QED) is 0.893. The van der Waals surface area contributed by atoms with Crippen LogP contribution >= 0.6 is 11.3 Å². The Labute approximate surface area is 106 Å². The highest BCUT2D eigenvalue weighted by Gasteiger charge is 2.40. The highest BCUT2D eigenvalue weighted by molar-refractivity contribution is 7.09. The van der Waals surface area contributed by atoms with Gasteiger partial charge in [-0.2, -0.15) is 0 Å². The molecular weight excluding hydrogens is 232 g/mol. The molecule has 0 spiro atoms. The third-order valence-electron chi connectivity index (χ3n) is 4.55. The van der Waals surface area contributed by atoms with E-state index in [1.165, 1.54) is 25.7 Å². The molecule has 0 amide bonds. The minimum atomic E-state index is -0.196. The number of rotatable bonds is 3. The molecule has 4 heteroatoms. The summed E-state index contributed by atoms with van der Waals surface area (Å²) in [7, 11) is 2.24. The van der Waals surface area contributed by atoms with Crippen molar-refractivity contribution in [2.45, 2.75) is 50.3 Å². The van der Waals surface area contributed by atoms with Gasteiger partial charge in [-0.25, -0.2) is 4.98 Å². The SMILES string of the molecule is CN1C2CCC1CC(C(O)Cc1nccs1)C2. The highest BCUT2D eigenvalue weighted by Crippen LogP contribution is 2.39. The molecule has 0 saturated carbocycles. The summed E-state index contributed by atoms with van der Waals surface area (Å²) < 4.78 is 0. The zero-order chi connectivity index (χ0) is 11.8. The van der Waals surface area contributed by atoms with E-state index in [9.17, 15) is 5.11 Å². The monoisotopic (exact) mass is 252 g/mol. The molecule has 3 atom stereocenters. The Balaban J connectivity index is 1.62. The van der Waals surface area contributed by atoms with Gasteiger partial charge in [-0.15, -0.1) is 11.3 Å². The molecule has 2 bridgehead atoms. The summed E-state index contributed by atoms with van der Waals surface area (Å²) in [4.78, 5) is 6.79. The molecule has 3 nitrogen and oxygen atoms in total. The molecule has 2 saturated heterocycles. The van der Waals surface area contributed by atoms with E-state index in [-0.39, 0.29) is 6.10 Å². The molecule has 0 radical (unpaired) electrons. The number of thiazole rings is 1. The molecule has 2 fully saturated rings. The Morgan fingerprint density at radius 3 is 2.76 bits per heavy atom. The highest BCUT2D eigenvalue weighted by atomic mass is 32.1. The lowest BCUT2D eigenvalue weighted by Crippen LogP contribution is -2.43. The van der Waals surface area contributed by atoms with Gasteiger partial charge >= 0.3 is 0 Å². The van der Waals surface area contributed by atoms with Crippen molar-refractivity contribution in [3.05, 3.63) is 16.6 Å². The summed E-state index contributed by atoms with van der Waals surface area (Å²) in [6, 6.07) is 1.43. The van der Waals surface area contributed by atoms with Crippen LogP contribution in [0, 0.1) is 5.92 Å². The Hall–Kier alpha value is -0.450. The van der Waals surface area contributed by atoms with Gasteiger partial charge in [0.1, 0.15) is 0 Å². The molecule has 0 aliphatic carbocycles. The standard InChI is InChI=1S/C13H20N2OS/c1-15-10-2-3-11(15)7-9(6-10)12(16)8-13-14-4-5-17-13/h4-5,9-12,16H,2-3,6-8H2,1H3. The van der Waals surface area contributed by atoms with Crippen LogP contribution in [0.2, 0.25) is 0 Å². The van der Waals surface area contributed by atoms with Crippen LogP contribution in [0.1, 0.15) is 30.7 Å². The summed E-state index contributed by atoms with van der Waals surface area (Å²) in [5, 5.41) is 13.4. The van der Waals surface area contributed by atoms with E-state index in [1.807, 2.05) is 11.6 Å². The van der Waals surface area contributed by atoms with Crippen molar-refractivity contribution < 1.29 is 5.11 Å². The van der Waals surface area contributed by atoms with Crippen molar-refractivity contribution >= 4 is 11.3 Å². The number of piperidine rings is 1. The summed E-state index contributed by atoms with van der Waals surface area (Å²) in [5.74, 6) is 0.479. The van der Waals surface area contributed by atoms with Gasteiger partial charge in [0.15, 0.2) is 0 Å². The third-order valence-corrected chi connectivity index (χ3v) is 5.35. The number of aromatic nitrogens is 1. The lowest BCUT2D eigenvalue weighted by Gasteiger charge is -2.38. The zero-order valence-corrected chi connectivity index (χ0v) is 11.1. The Morgan fingerprint density at radius 2 is 2.18 bits per heavy atom. The number of nitrogens with zero attached hydrogens (tertiary/aromatic N) is 2. The van der Waals surface area contributed by atoms with Crippen LogP contribution in [0.4, 0.5) is 0 Å². The lowest BCUT2D eigenvalue weighted by atomic mass is 9.85. The van der Waals surface area contributed by atoms with Crippen LogP contribution in [0.25, 0.3) is 0 Å². The topological polar surface area (TPSA) is 36.4 Å². The fourth-order valence-electron chi connectivity index (χ4n) is 3.47. The maximum Gasteiger partial charge on any atom is 0.0950 e. The van der Waals surface area contributed by atoms with Gasteiger partial charge in [0.2, 0.25) is 0 Å². The Kier molecular flexibility index (Phi) is 3.19. The second-order valence-electron chi connectivity index (χ2n) is 5.48. The van der Waals surface area contributed by atoms with Crippen molar-refractivity contribution in [2.75, 3.05) is 7.05 Å². The first kappa shape index (κ1) is 11.6. The van der Waals surface area contributed by atoms with Gasteiger partial charge in [-0.3, -0.25) is 0 Å². The summed E-state index contributed by atoms with van der Waals surface area (Å²) in [5.41, 5.74) is 0. The second kappa shape index (κ2) is 4.67. The van der Waals surface area contributed by atoms with E-state index in [2.05, 4.69) is 16.9 Å². The fourth-order valence-corrected chi connectivity index (χ4v) is 4.13. The maximum atomic E-state index is 10.3. The first-order valence-corrected chi connectivity index (χ1v) is 7.40. The van der Waals surface area contributed by atoms with Gasteiger partial charge in [0.05, 0.1) is 11.1 Å².